The van der Waals surface area contributed by atoms with Crippen LogP contribution in [0.5, 0.6) is 0 Å². The van der Waals surface area contributed by atoms with E-state index >= 15 is 0 Å². The molecule has 2 atom stereocenters. The molecule has 0 saturated heterocycles. The molecule has 0 fully saturated rings. The Morgan fingerprint density at radius 2 is 0.758 bits per heavy atom. The Labute approximate surface area is 207 Å². The molecular weight excluding hydrogens is 460 g/mol. The summed E-state index contributed by atoms with van der Waals surface area (Å²) < 4.78 is 32.4. The normalized spacial score (nSPS) is 13.1. The van der Waals surface area contributed by atoms with E-state index in [-0.39, 0.29) is 5.48 Å². The van der Waals surface area contributed by atoms with Crippen LogP contribution in [0.1, 0.15) is 79.1 Å². The topological polar surface area (TPSA) is 107 Å². The van der Waals surface area contributed by atoms with Gasteiger partial charge in [0.05, 0.1) is 0 Å². The lowest BCUT2D eigenvalue weighted by atomic mass is 9.98. The van der Waals surface area contributed by atoms with E-state index in [2.05, 4.69) is 27.7 Å². The molecule has 0 aromatic carbocycles. The maximum atomic E-state index is 7.00. The molecule has 0 heterocycles. The summed E-state index contributed by atoms with van der Waals surface area (Å²) in [6.07, 6.45) is 9.83. The van der Waals surface area contributed by atoms with Gasteiger partial charge >= 0.3 is 17.6 Å². The second-order valence-electron chi connectivity index (χ2n) is 7.79. The Balaban J connectivity index is -0.000000230. The lowest BCUT2D eigenvalue weighted by Gasteiger charge is -2.26. The van der Waals surface area contributed by atoms with Crippen molar-refractivity contribution in [2.75, 3.05) is 49.8 Å². The largest absolute Gasteiger partial charge is 0.500 e. The summed E-state index contributed by atoms with van der Waals surface area (Å²) in [6, 6.07) is 1.85. The summed E-state index contributed by atoms with van der Waals surface area (Å²) in [4.78, 5) is 0. The average Bonchev–Trinajstić information content (AvgIpc) is 2.86. The monoisotopic (exact) mass is 518 g/mol. The Morgan fingerprint density at radius 1 is 0.515 bits per heavy atom. The standard InChI is InChI=1S/2C11H26O3Si.CH4O.H2O/c2*1-6-8-11(7-2)9-10-15(12-3,13-4)14-5;1-2;/h2*11H,6-10H2,1-5H3;2H,1H3;1H2. The second kappa shape index (κ2) is 26.7. The highest BCUT2D eigenvalue weighted by Gasteiger charge is 2.38. The van der Waals surface area contributed by atoms with Gasteiger partial charge in [-0.25, -0.2) is 0 Å². The van der Waals surface area contributed by atoms with Crippen molar-refractivity contribution in [1.82, 2.24) is 0 Å². The molecule has 3 N–H and O–H groups in total. The van der Waals surface area contributed by atoms with Crippen molar-refractivity contribution in [1.29, 1.82) is 0 Å². The van der Waals surface area contributed by atoms with Crippen molar-refractivity contribution in [3.05, 3.63) is 0 Å². The third-order valence-electron chi connectivity index (χ3n) is 6.13. The quantitative estimate of drug-likeness (QED) is 0.256. The highest BCUT2D eigenvalue weighted by Crippen LogP contribution is 2.24. The van der Waals surface area contributed by atoms with E-state index in [0.29, 0.717) is 0 Å². The third-order valence-corrected chi connectivity index (χ3v) is 11.7. The number of aliphatic hydroxyl groups excluding tert-OH is 1. The van der Waals surface area contributed by atoms with E-state index < -0.39 is 17.6 Å². The number of hydrogen-bond acceptors (Lipinski definition) is 7. The second-order valence-corrected chi connectivity index (χ2v) is 14.0. The van der Waals surface area contributed by atoms with Crippen molar-refractivity contribution < 1.29 is 37.1 Å². The van der Waals surface area contributed by atoms with Crippen molar-refractivity contribution in [2.45, 2.75) is 91.1 Å². The van der Waals surface area contributed by atoms with Crippen LogP contribution in [0.15, 0.2) is 0 Å². The van der Waals surface area contributed by atoms with Gasteiger partial charge < -0.3 is 37.1 Å². The van der Waals surface area contributed by atoms with Crippen LogP contribution in [0.25, 0.3) is 0 Å². The third kappa shape index (κ3) is 18.1. The molecule has 8 nitrogen and oxygen atoms in total. The van der Waals surface area contributed by atoms with E-state index in [1.54, 1.807) is 42.7 Å². The fourth-order valence-electron chi connectivity index (χ4n) is 3.80. The van der Waals surface area contributed by atoms with Crippen molar-refractivity contribution in [2.24, 2.45) is 11.8 Å². The van der Waals surface area contributed by atoms with E-state index in [9.17, 15) is 0 Å². The summed E-state index contributed by atoms with van der Waals surface area (Å²) in [6.45, 7) is 8.96. The maximum Gasteiger partial charge on any atom is 0.500 e. The summed E-state index contributed by atoms with van der Waals surface area (Å²) in [5.74, 6) is 1.56. The van der Waals surface area contributed by atoms with Crippen LogP contribution in [-0.4, -0.2) is 78.0 Å². The minimum Gasteiger partial charge on any atom is -0.412 e. The molecule has 206 valence electrons. The van der Waals surface area contributed by atoms with Crippen molar-refractivity contribution >= 4 is 17.6 Å². The lowest BCUT2D eigenvalue weighted by molar-refractivity contribution is 0.120. The Bertz CT molecular complexity index is 320. The maximum absolute atomic E-state index is 7.00. The van der Waals surface area contributed by atoms with Crippen LogP contribution in [0.3, 0.4) is 0 Å². The number of aliphatic hydroxyl groups is 1. The number of hydrogen-bond donors (Lipinski definition) is 1. The summed E-state index contributed by atoms with van der Waals surface area (Å²) in [7, 11) is 6.43. The van der Waals surface area contributed by atoms with Crippen LogP contribution in [-0.2, 0) is 26.6 Å². The average molecular weight is 519 g/mol. The Hall–Kier alpha value is 0.114. The first-order valence-corrected chi connectivity index (χ1v) is 16.0. The van der Waals surface area contributed by atoms with Gasteiger partial charge in [-0.1, -0.05) is 66.2 Å². The summed E-state index contributed by atoms with van der Waals surface area (Å²) in [5.41, 5.74) is 0. The van der Waals surface area contributed by atoms with Gasteiger partial charge in [-0.05, 0) is 24.7 Å². The highest BCUT2D eigenvalue weighted by atomic mass is 28.4. The molecule has 0 bridgehead atoms. The van der Waals surface area contributed by atoms with Gasteiger partial charge in [-0.2, -0.15) is 0 Å². The molecule has 0 aromatic heterocycles. The molecule has 0 saturated carbocycles. The van der Waals surface area contributed by atoms with Gasteiger partial charge in [0.1, 0.15) is 0 Å². The first kappa shape index (κ1) is 40.3. The van der Waals surface area contributed by atoms with Crippen LogP contribution < -0.4 is 0 Å². The molecule has 0 aromatic rings. The molecular formula is C23H58O8Si2. The minimum atomic E-state index is -2.33. The Morgan fingerprint density at radius 3 is 0.909 bits per heavy atom. The van der Waals surface area contributed by atoms with E-state index in [1.807, 2.05) is 0 Å². The zero-order valence-corrected chi connectivity index (χ0v) is 25.6. The van der Waals surface area contributed by atoms with Crippen LogP contribution >= 0.6 is 0 Å². The zero-order chi connectivity index (χ0) is 25.5. The van der Waals surface area contributed by atoms with E-state index in [1.165, 1.54) is 38.5 Å². The summed E-state index contributed by atoms with van der Waals surface area (Å²) in [5, 5.41) is 7.00. The molecule has 0 spiro atoms. The fourth-order valence-corrected chi connectivity index (χ4v) is 7.54. The van der Waals surface area contributed by atoms with Gasteiger partial charge in [0.25, 0.3) is 0 Å². The molecule has 33 heavy (non-hydrogen) atoms. The lowest BCUT2D eigenvalue weighted by Crippen LogP contribution is -2.42. The smallest absolute Gasteiger partial charge is 0.412 e. The molecule has 10 heteroatoms. The van der Waals surface area contributed by atoms with Crippen LogP contribution in [0.4, 0.5) is 0 Å². The first-order valence-electron chi connectivity index (χ1n) is 12.1. The van der Waals surface area contributed by atoms with Gasteiger partial charge in [-0.15, -0.1) is 0 Å². The van der Waals surface area contributed by atoms with E-state index in [0.717, 1.165) is 43.9 Å². The van der Waals surface area contributed by atoms with Gasteiger partial charge in [0.15, 0.2) is 0 Å². The predicted octanol–water partition coefficient (Wildman–Crippen LogP) is 4.95. The predicted molar refractivity (Wildman–Crippen MR) is 142 cm³/mol. The van der Waals surface area contributed by atoms with Crippen molar-refractivity contribution in [3.63, 3.8) is 0 Å². The fraction of sp³-hybridized carbons (Fsp3) is 1.00. The van der Waals surface area contributed by atoms with Crippen LogP contribution in [0, 0.1) is 11.8 Å². The SMILES string of the molecule is CCCC(CC)CC[Si](OC)(OC)OC.CCCC(CC)CC[Si](OC)(OC)OC.CO.O. The van der Waals surface area contributed by atoms with Gasteiger partial charge in [-0.3, -0.25) is 0 Å². The van der Waals surface area contributed by atoms with Crippen molar-refractivity contribution in [3.8, 4) is 0 Å². The first-order chi connectivity index (χ1) is 15.3. The molecule has 0 amide bonds. The molecule has 0 aliphatic heterocycles. The molecule has 0 radical (unpaired) electrons. The number of rotatable bonds is 18. The van der Waals surface area contributed by atoms with Gasteiger partial charge in [0, 0.05) is 61.9 Å². The van der Waals surface area contributed by atoms with E-state index in [4.69, 9.17) is 31.7 Å². The zero-order valence-electron chi connectivity index (χ0n) is 23.6. The van der Waals surface area contributed by atoms with Gasteiger partial charge in [0.2, 0.25) is 0 Å². The molecule has 2 unspecified atom stereocenters. The minimum absolute atomic E-state index is 0. The molecule has 0 aliphatic rings. The molecule has 0 aliphatic carbocycles. The Kier molecular flexibility index (Phi) is 32.6. The highest BCUT2D eigenvalue weighted by molar-refractivity contribution is 6.60. The van der Waals surface area contributed by atoms with Crippen LogP contribution in [0.2, 0.25) is 12.1 Å². The summed E-state index contributed by atoms with van der Waals surface area (Å²) >= 11 is 0. The molecule has 0 rings (SSSR count).